The molecule has 0 saturated carbocycles. The highest BCUT2D eigenvalue weighted by Crippen LogP contribution is 2.33. The topological polar surface area (TPSA) is 21.7 Å². The molecule has 0 bridgehead atoms. The molecular formula is C28H26N3+. The number of aryl methyl sites for hydroxylation is 4. The first-order chi connectivity index (χ1) is 15.1. The highest BCUT2D eigenvalue weighted by molar-refractivity contribution is 5.81. The van der Waals surface area contributed by atoms with Gasteiger partial charge in [-0.2, -0.15) is 4.57 Å². The molecule has 0 amide bonds. The van der Waals surface area contributed by atoms with E-state index in [9.17, 15) is 0 Å². The second-order valence-corrected chi connectivity index (χ2v) is 8.16. The molecule has 0 atom stereocenters. The van der Waals surface area contributed by atoms with Crippen LogP contribution in [0.15, 0.2) is 85.1 Å². The van der Waals surface area contributed by atoms with E-state index < -0.39 is 0 Å². The summed E-state index contributed by atoms with van der Waals surface area (Å²) in [7, 11) is 2.15. The molecule has 3 nitrogen and oxygen atoms in total. The molecule has 152 valence electrons. The van der Waals surface area contributed by atoms with E-state index in [2.05, 4.69) is 121 Å². The third kappa shape index (κ3) is 3.14. The van der Waals surface area contributed by atoms with E-state index in [0.29, 0.717) is 0 Å². The average Bonchev–Trinajstić information content (AvgIpc) is 3.07. The van der Waals surface area contributed by atoms with Gasteiger partial charge in [0.25, 0.3) is 5.82 Å². The van der Waals surface area contributed by atoms with Crippen molar-refractivity contribution < 1.29 is 4.57 Å². The molecule has 0 radical (unpaired) electrons. The van der Waals surface area contributed by atoms with E-state index in [0.717, 1.165) is 11.5 Å². The van der Waals surface area contributed by atoms with Crippen LogP contribution in [-0.2, 0) is 7.05 Å². The van der Waals surface area contributed by atoms with Gasteiger partial charge in [0.05, 0.1) is 18.3 Å². The van der Waals surface area contributed by atoms with Crippen LogP contribution < -0.4 is 4.57 Å². The quantitative estimate of drug-likeness (QED) is 0.333. The van der Waals surface area contributed by atoms with Gasteiger partial charge in [-0.3, -0.25) is 4.98 Å². The molecule has 0 saturated heterocycles. The summed E-state index contributed by atoms with van der Waals surface area (Å²) in [6.07, 6.45) is 1.89. The van der Waals surface area contributed by atoms with Gasteiger partial charge in [-0.05, 0) is 73.4 Å². The van der Waals surface area contributed by atoms with Gasteiger partial charge in [-0.25, -0.2) is 4.57 Å². The van der Waals surface area contributed by atoms with Crippen molar-refractivity contribution in [1.82, 2.24) is 9.55 Å². The van der Waals surface area contributed by atoms with E-state index in [1.54, 1.807) is 0 Å². The SMILES string of the molecule is Cc1cc(-c2ccccc2)ccc1-n1c(-c2c(C)ccnc2C)[n+](C)c2ccccc21. The number of rotatable bonds is 3. The van der Waals surface area contributed by atoms with Crippen molar-refractivity contribution in [3.63, 3.8) is 0 Å². The van der Waals surface area contributed by atoms with Crippen LogP contribution in [0.5, 0.6) is 0 Å². The maximum atomic E-state index is 4.61. The lowest BCUT2D eigenvalue weighted by Gasteiger charge is -2.11. The van der Waals surface area contributed by atoms with Crippen LogP contribution in [0.4, 0.5) is 0 Å². The molecule has 0 aliphatic rings. The van der Waals surface area contributed by atoms with Crippen molar-refractivity contribution in [3.05, 3.63) is 102 Å². The molecule has 3 aromatic carbocycles. The largest absolute Gasteiger partial charge is 0.296 e. The summed E-state index contributed by atoms with van der Waals surface area (Å²) in [5.74, 6) is 1.15. The number of imidazole rings is 1. The predicted octanol–water partition coefficient (Wildman–Crippen LogP) is 6.11. The molecule has 0 aliphatic heterocycles. The second-order valence-electron chi connectivity index (χ2n) is 8.16. The zero-order valence-electron chi connectivity index (χ0n) is 18.4. The Balaban J connectivity index is 1.82. The lowest BCUT2D eigenvalue weighted by atomic mass is 10.0. The Morgan fingerprint density at radius 1 is 0.742 bits per heavy atom. The molecule has 3 heteroatoms. The van der Waals surface area contributed by atoms with Gasteiger partial charge in [0.2, 0.25) is 0 Å². The van der Waals surface area contributed by atoms with Crippen LogP contribution in [0.25, 0.3) is 39.2 Å². The van der Waals surface area contributed by atoms with E-state index in [1.807, 2.05) is 6.20 Å². The molecule has 0 fully saturated rings. The zero-order valence-corrected chi connectivity index (χ0v) is 18.4. The van der Waals surface area contributed by atoms with Crippen molar-refractivity contribution in [3.8, 4) is 28.2 Å². The van der Waals surface area contributed by atoms with Crippen molar-refractivity contribution in [2.75, 3.05) is 0 Å². The van der Waals surface area contributed by atoms with Crippen molar-refractivity contribution in [2.45, 2.75) is 20.8 Å². The Morgan fingerprint density at radius 2 is 1.48 bits per heavy atom. The minimum Gasteiger partial charge on any atom is -0.261 e. The predicted molar refractivity (Wildman–Crippen MR) is 127 cm³/mol. The molecule has 5 aromatic rings. The molecule has 0 unspecified atom stereocenters. The monoisotopic (exact) mass is 404 g/mol. The Labute approximate surface area is 183 Å². The minimum absolute atomic E-state index is 1.04. The fourth-order valence-electron chi connectivity index (χ4n) is 4.59. The van der Waals surface area contributed by atoms with Gasteiger partial charge in [0.1, 0.15) is 5.69 Å². The van der Waals surface area contributed by atoms with E-state index in [1.165, 1.54) is 44.5 Å². The highest BCUT2D eigenvalue weighted by Gasteiger charge is 2.29. The summed E-state index contributed by atoms with van der Waals surface area (Å²) in [6, 6.07) is 28.0. The lowest BCUT2D eigenvalue weighted by molar-refractivity contribution is -0.633. The Kier molecular flexibility index (Phi) is 4.67. The first-order valence-electron chi connectivity index (χ1n) is 10.6. The average molecular weight is 405 g/mol. The van der Waals surface area contributed by atoms with E-state index in [-0.39, 0.29) is 0 Å². The number of hydrogen-bond acceptors (Lipinski definition) is 1. The van der Waals surface area contributed by atoms with Crippen LogP contribution in [0.1, 0.15) is 16.8 Å². The number of para-hydroxylation sites is 2. The number of hydrogen-bond donors (Lipinski definition) is 0. The molecule has 2 heterocycles. The van der Waals surface area contributed by atoms with Crippen LogP contribution in [0.2, 0.25) is 0 Å². The number of nitrogens with zero attached hydrogens (tertiary/aromatic N) is 3. The fraction of sp³-hybridized carbons (Fsp3) is 0.143. The van der Waals surface area contributed by atoms with Crippen LogP contribution in [0.3, 0.4) is 0 Å². The minimum atomic E-state index is 1.04. The maximum absolute atomic E-state index is 4.61. The number of benzene rings is 3. The van der Waals surface area contributed by atoms with Crippen molar-refractivity contribution in [2.24, 2.45) is 7.05 Å². The Hall–Kier alpha value is -3.72. The summed E-state index contributed by atoms with van der Waals surface area (Å²) in [4.78, 5) is 4.61. The van der Waals surface area contributed by atoms with Crippen LogP contribution in [0, 0.1) is 20.8 Å². The third-order valence-electron chi connectivity index (χ3n) is 6.13. The van der Waals surface area contributed by atoms with Gasteiger partial charge in [0, 0.05) is 6.20 Å². The van der Waals surface area contributed by atoms with Gasteiger partial charge in [-0.15, -0.1) is 0 Å². The third-order valence-corrected chi connectivity index (χ3v) is 6.13. The summed E-state index contributed by atoms with van der Waals surface area (Å²) in [5, 5.41) is 0. The molecular weight excluding hydrogens is 378 g/mol. The molecule has 2 aromatic heterocycles. The molecule has 31 heavy (non-hydrogen) atoms. The van der Waals surface area contributed by atoms with Gasteiger partial charge in [-0.1, -0.05) is 48.5 Å². The van der Waals surface area contributed by atoms with Gasteiger partial charge >= 0.3 is 0 Å². The second kappa shape index (κ2) is 7.51. The smallest absolute Gasteiger partial charge is 0.261 e. The number of pyridine rings is 1. The normalized spacial score (nSPS) is 11.2. The van der Waals surface area contributed by atoms with Crippen LogP contribution >= 0.6 is 0 Å². The summed E-state index contributed by atoms with van der Waals surface area (Å²) in [6.45, 7) is 6.45. The fourth-order valence-corrected chi connectivity index (χ4v) is 4.59. The summed E-state index contributed by atoms with van der Waals surface area (Å²) < 4.78 is 4.67. The first-order valence-corrected chi connectivity index (χ1v) is 10.6. The van der Waals surface area contributed by atoms with Crippen molar-refractivity contribution >= 4 is 11.0 Å². The molecule has 0 aliphatic carbocycles. The Bertz CT molecular complexity index is 1390. The number of fused-ring (bicyclic) bond motifs is 1. The standard InChI is InChI=1S/C28H26N3/c1-19-16-17-29-21(3)27(19)28-30(4)25-12-8-9-13-26(25)31(28)24-15-14-23(18-20(24)2)22-10-6-5-7-11-22/h5-18H,1-4H3/q+1. The van der Waals surface area contributed by atoms with Gasteiger partial charge < -0.3 is 0 Å². The van der Waals surface area contributed by atoms with E-state index in [4.69, 9.17) is 0 Å². The summed E-state index contributed by atoms with van der Waals surface area (Å²) >= 11 is 0. The first kappa shape index (κ1) is 19.3. The molecule has 0 N–H and O–H groups in total. The van der Waals surface area contributed by atoms with Gasteiger partial charge in [0.15, 0.2) is 11.0 Å². The van der Waals surface area contributed by atoms with E-state index >= 15 is 0 Å². The zero-order chi connectivity index (χ0) is 21.5. The molecule has 5 rings (SSSR count). The highest BCUT2D eigenvalue weighted by atomic mass is 15.2. The summed E-state index contributed by atoms with van der Waals surface area (Å²) in [5.41, 5.74) is 10.7. The maximum Gasteiger partial charge on any atom is 0.296 e. The van der Waals surface area contributed by atoms with Crippen LogP contribution in [-0.4, -0.2) is 9.55 Å². The number of aromatic nitrogens is 3. The Morgan fingerprint density at radius 3 is 2.23 bits per heavy atom. The van der Waals surface area contributed by atoms with Crippen molar-refractivity contribution in [1.29, 1.82) is 0 Å². The molecule has 0 spiro atoms. The lowest BCUT2D eigenvalue weighted by Crippen LogP contribution is -2.30.